The average Bonchev–Trinajstić information content (AvgIpc) is 3.05. The monoisotopic (exact) mass is 283 g/mol. The van der Waals surface area contributed by atoms with Crippen LogP contribution in [0.1, 0.15) is 25.3 Å². The molecule has 0 bridgehead atoms. The van der Waals surface area contributed by atoms with Gasteiger partial charge in [-0.3, -0.25) is 9.88 Å². The first-order valence-corrected chi connectivity index (χ1v) is 8.14. The van der Waals surface area contributed by atoms with Crippen molar-refractivity contribution in [2.45, 2.75) is 26.3 Å². The maximum atomic E-state index is 4.46. The van der Waals surface area contributed by atoms with Crippen LogP contribution in [0.3, 0.4) is 0 Å². The summed E-state index contributed by atoms with van der Waals surface area (Å²) >= 11 is 0. The predicted octanol–water partition coefficient (Wildman–Crippen LogP) is 3.15. The molecular weight excluding hydrogens is 258 g/mol. The Morgan fingerprint density at radius 1 is 1.14 bits per heavy atom. The summed E-state index contributed by atoms with van der Waals surface area (Å²) in [6, 6.07) is 10.7. The van der Waals surface area contributed by atoms with Gasteiger partial charge in [0.2, 0.25) is 0 Å². The Balaban J connectivity index is 1.67. The van der Waals surface area contributed by atoms with Crippen molar-refractivity contribution in [1.82, 2.24) is 14.8 Å². The number of likely N-dealkylation sites (N-methyl/N-ethyl adjacent to an activating group) is 1. The average molecular weight is 283 g/mol. The van der Waals surface area contributed by atoms with Crippen molar-refractivity contribution in [3.05, 3.63) is 42.1 Å². The van der Waals surface area contributed by atoms with Crippen molar-refractivity contribution in [2.24, 2.45) is 0 Å². The molecule has 2 heterocycles. The van der Waals surface area contributed by atoms with Crippen molar-refractivity contribution in [3.63, 3.8) is 0 Å². The zero-order valence-corrected chi connectivity index (χ0v) is 13.0. The molecule has 1 aromatic heterocycles. The molecule has 0 spiro atoms. The zero-order chi connectivity index (χ0) is 14.5. The summed E-state index contributed by atoms with van der Waals surface area (Å²) in [6.07, 6.45) is 4.62. The van der Waals surface area contributed by atoms with Gasteiger partial charge in [0, 0.05) is 31.2 Å². The van der Waals surface area contributed by atoms with Crippen LogP contribution in [0.25, 0.3) is 10.9 Å². The van der Waals surface area contributed by atoms with E-state index >= 15 is 0 Å². The summed E-state index contributed by atoms with van der Waals surface area (Å²) in [5.41, 5.74) is 2.49. The second kappa shape index (κ2) is 7.01. The summed E-state index contributed by atoms with van der Waals surface area (Å²) in [5, 5.41) is 1.29. The van der Waals surface area contributed by atoms with Gasteiger partial charge in [-0.05, 0) is 50.2 Å². The van der Waals surface area contributed by atoms with Gasteiger partial charge in [0.15, 0.2) is 0 Å². The molecule has 0 atom stereocenters. The van der Waals surface area contributed by atoms with E-state index in [2.05, 4.69) is 46.0 Å². The first-order chi connectivity index (χ1) is 10.4. The molecule has 0 amide bonds. The molecule has 2 aromatic rings. The van der Waals surface area contributed by atoms with E-state index in [0.717, 1.165) is 25.2 Å². The van der Waals surface area contributed by atoms with E-state index in [9.17, 15) is 0 Å². The summed E-state index contributed by atoms with van der Waals surface area (Å²) in [4.78, 5) is 9.59. The highest BCUT2D eigenvalue weighted by molar-refractivity contribution is 5.81. The molecule has 0 saturated carbocycles. The molecule has 1 saturated heterocycles. The minimum atomic E-state index is 1.02. The van der Waals surface area contributed by atoms with Crippen LogP contribution in [0.4, 0.5) is 0 Å². The third kappa shape index (κ3) is 3.60. The van der Waals surface area contributed by atoms with Gasteiger partial charge in [-0.15, -0.1) is 0 Å². The number of likely N-dealkylation sites (tertiary alicyclic amines) is 1. The third-order valence-electron chi connectivity index (χ3n) is 4.51. The molecule has 0 N–H and O–H groups in total. The van der Waals surface area contributed by atoms with Crippen LogP contribution in [0.2, 0.25) is 0 Å². The number of rotatable bonds is 6. The van der Waals surface area contributed by atoms with Crippen molar-refractivity contribution < 1.29 is 0 Å². The Kier molecular flexibility index (Phi) is 4.84. The molecule has 0 aliphatic carbocycles. The number of pyridine rings is 1. The molecule has 1 aliphatic rings. The van der Waals surface area contributed by atoms with Crippen LogP contribution >= 0.6 is 0 Å². The van der Waals surface area contributed by atoms with E-state index in [1.54, 1.807) is 0 Å². The van der Waals surface area contributed by atoms with Crippen LogP contribution in [0.5, 0.6) is 0 Å². The van der Waals surface area contributed by atoms with Gasteiger partial charge in [0.25, 0.3) is 0 Å². The topological polar surface area (TPSA) is 19.4 Å². The molecule has 0 radical (unpaired) electrons. The fraction of sp³-hybridized carbons (Fsp3) is 0.500. The van der Waals surface area contributed by atoms with Crippen molar-refractivity contribution in [3.8, 4) is 0 Å². The van der Waals surface area contributed by atoms with Crippen LogP contribution in [0, 0.1) is 0 Å². The fourth-order valence-corrected chi connectivity index (χ4v) is 3.18. The molecule has 1 aliphatic heterocycles. The Bertz CT molecular complexity index is 570. The van der Waals surface area contributed by atoms with E-state index in [4.69, 9.17) is 0 Å². The van der Waals surface area contributed by atoms with Crippen LogP contribution in [-0.4, -0.2) is 47.5 Å². The summed E-state index contributed by atoms with van der Waals surface area (Å²) in [6.45, 7) is 9.32. The third-order valence-corrected chi connectivity index (χ3v) is 4.51. The highest BCUT2D eigenvalue weighted by Gasteiger charge is 2.13. The number of aromatic nitrogens is 1. The summed E-state index contributed by atoms with van der Waals surface area (Å²) in [7, 11) is 0. The lowest BCUT2D eigenvalue weighted by molar-refractivity contribution is 0.227. The molecular formula is C18H25N3. The van der Waals surface area contributed by atoms with Gasteiger partial charge in [-0.2, -0.15) is 0 Å². The lowest BCUT2D eigenvalue weighted by atomic mass is 10.1. The second-order valence-corrected chi connectivity index (χ2v) is 5.90. The summed E-state index contributed by atoms with van der Waals surface area (Å²) in [5.74, 6) is 0. The molecule has 1 aromatic carbocycles. The Hall–Kier alpha value is -1.45. The van der Waals surface area contributed by atoms with E-state index in [1.807, 2.05) is 12.3 Å². The van der Waals surface area contributed by atoms with Crippen molar-refractivity contribution in [2.75, 3.05) is 32.7 Å². The SMILES string of the molecule is CCN(CCN1CCCC1)Cc1cccc2ncccc12. The highest BCUT2D eigenvalue weighted by Crippen LogP contribution is 2.18. The molecule has 3 nitrogen and oxygen atoms in total. The zero-order valence-electron chi connectivity index (χ0n) is 13.0. The van der Waals surface area contributed by atoms with Crippen molar-refractivity contribution in [1.29, 1.82) is 0 Å². The van der Waals surface area contributed by atoms with Gasteiger partial charge >= 0.3 is 0 Å². The second-order valence-electron chi connectivity index (χ2n) is 5.90. The number of hydrogen-bond acceptors (Lipinski definition) is 3. The quantitative estimate of drug-likeness (QED) is 0.812. The smallest absolute Gasteiger partial charge is 0.0705 e. The van der Waals surface area contributed by atoms with Crippen molar-refractivity contribution >= 4 is 10.9 Å². The maximum absolute atomic E-state index is 4.46. The van der Waals surface area contributed by atoms with Crippen LogP contribution in [0.15, 0.2) is 36.5 Å². The number of hydrogen-bond donors (Lipinski definition) is 0. The lowest BCUT2D eigenvalue weighted by Gasteiger charge is -2.24. The first kappa shape index (κ1) is 14.5. The highest BCUT2D eigenvalue weighted by atomic mass is 15.2. The predicted molar refractivity (Wildman–Crippen MR) is 88.4 cm³/mol. The van der Waals surface area contributed by atoms with E-state index in [1.165, 1.54) is 43.4 Å². The number of nitrogens with zero attached hydrogens (tertiary/aromatic N) is 3. The van der Waals surface area contributed by atoms with Gasteiger partial charge in [-0.1, -0.05) is 25.1 Å². The largest absolute Gasteiger partial charge is 0.302 e. The minimum absolute atomic E-state index is 1.02. The van der Waals surface area contributed by atoms with Crippen LogP contribution in [-0.2, 0) is 6.54 Å². The Labute approximate surface area is 127 Å². The molecule has 0 unspecified atom stereocenters. The van der Waals surface area contributed by atoms with E-state index in [0.29, 0.717) is 0 Å². The van der Waals surface area contributed by atoms with E-state index < -0.39 is 0 Å². The van der Waals surface area contributed by atoms with Gasteiger partial charge in [0.05, 0.1) is 5.52 Å². The normalized spacial score (nSPS) is 16.1. The molecule has 3 heteroatoms. The van der Waals surface area contributed by atoms with Gasteiger partial charge in [0.1, 0.15) is 0 Å². The van der Waals surface area contributed by atoms with Crippen LogP contribution < -0.4 is 0 Å². The first-order valence-electron chi connectivity index (χ1n) is 8.14. The minimum Gasteiger partial charge on any atom is -0.302 e. The summed E-state index contributed by atoms with van der Waals surface area (Å²) < 4.78 is 0. The van der Waals surface area contributed by atoms with Gasteiger partial charge in [-0.25, -0.2) is 0 Å². The van der Waals surface area contributed by atoms with Gasteiger partial charge < -0.3 is 4.90 Å². The standard InChI is InChI=1S/C18H25N3/c1-2-20(13-14-21-11-3-4-12-21)15-16-7-5-9-18-17(16)8-6-10-19-18/h5-10H,2-4,11-15H2,1H3. The Morgan fingerprint density at radius 3 is 2.81 bits per heavy atom. The maximum Gasteiger partial charge on any atom is 0.0705 e. The number of fused-ring (bicyclic) bond motifs is 1. The lowest BCUT2D eigenvalue weighted by Crippen LogP contribution is -2.33. The Morgan fingerprint density at radius 2 is 2.00 bits per heavy atom. The molecule has 21 heavy (non-hydrogen) atoms. The number of benzene rings is 1. The molecule has 112 valence electrons. The fourth-order valence-electron chi connectivity index (χ4n) is 3.18. The molecule has 3 rings (SSSR count). The van der Waals surface area contributed by atoms with E-state index in [-0.39, 0.29) is 0 Å². The molecule has 1 fully saturated rings.